The van der Waals surface area contributed by atoms with Gasteiger partial charge in [0.05, 0.1) is 5.38 Å². The number of fused-ring (bicyclic) bond motifs is 3. The Balaban J connectivity index is 2.09. The van der Waals surface area contributed by atoms with E-state index in [2.05, 4.69) is 10.6 Å². The summed E-state index contributed by atoms with van der Waals surface area (Å²) in [7, 11) is 0. The van der Waals surface area contributed by atoms with E-state index in [1.807, 2.05) is 12.2 Å². The first-order valence-electron chi connectivity index (χ1n) is 4.60. The van der Waals surface area contributed by atoms with E-state index in [1.54, 1.807) is 0 Å². The molecule has 0 aromatic rings. The summed E-state index contributed by atoms with van der Waals surface area (Å²) in [5, 5.41) is 4.62. The fourth-order valence-corrected chi connectivity index (χ4v) is 3.26. The fourth-order valence-electron chi connectivity index (χ4n) is 2.76. The Hall–Kier alpha value is -1.03. The highest BCUT2D eigenvalue weighted by Gasteiger charge is 2.63. The lowest BCUT2D eigenvalue weighted by Crippen LogP contribution is -2.56. The Morgan fingerprint density at radius 3 is 2.71 bits per heavy atom. The average molecular weight is 213 g/mol. The number of rotatable bonds is 0. The van der Waals surface area contributed by atoms with Gasteiger partial charge < -0.3 is 5.32 Å². The molecule has 1 saturated carbocycles. The van der Waals surface area contributed by atoms with E-state index in [0.29, 0.717) is 0 Å². The van der Waals surface area contributed by atoms with E-state index < -0.39 is 11.6 Å². The van der Waals surface area contributed by atoms with Crippen LogP contribution in [0.3, 0.4) is 0 Å². The standard InChI is InChI=1S/C9H9ClN2O2/c10-6-4-1-2-5(3-4)9(6)7(13)11-8(14)12-9/h1-2,4-6H,3H2,(H2,11,12,13,14). The van der Waals surface area contributed by atoms with Crippen molar-refractivity contribution >= 4 is 23.5 Å². The van der Waals surface area contributed by atoms with Gasteiger partial charge in [0.2, 0.25) is 0 Å². The molecule has 1 saturated heterocycles. The normalized spacial score (nSPS) is 48.8. The molecule has 2 aliphatic carbocycles. The van der Waals surface area contributed by atoms with Gasteiger partial charge in [0.1, 0.15) is 5.54 Å². The van der Waals surface area contributed by atoms with Gasteiger partial charge >= 0.3 is 6.03 Å². The van der Waals surface area contributed by atoms with Crippen molar-refractivity contribution < 1.29 is 9.59 Å². The first-order valence-corrected chi connectivity index (χ1v) is 5.04. The largest absolute Gasteiger partial charge is 0.322 e. The van der Waals surface area contributed by atoms with E-state index in [4.69, 9.17) is 11.6 Å². The quantitative estimate of drug-likeness (QED) is 0.347. The van der Waals surface area contributed by atoms with Gasteiger partial charge in [0.25, 0.3) is 5.91 Å². The molecule has 1 spiro atoms. The molecule has 4 atom stereocenters. The first-order chi connectivity index (χ1) is 6.64. The highest BCUT2D eigenvalue weighted by Crippen LogP contribution is 2.50. The van der Waals surface area contributed by atoms with Crippen LogP contribution in [-0.2, 0) is 4.79 Å². The zero-order valence-electron chi connectivity index (χ0n) is 7.29. The summed E-state index contributed by atoms with van der Waals surface area (Å²) >= 11 is 6.21. The van der Waals surface area contributed by atoms with Crippen LogP contribution in [0, 0.1) is 11.8 Å². The smallest absolute Gasteiger partial charge is 0.321 e. The summed E-state index contributed by atoms with van der Waals surface area (Å²) in [6.45, 7) is 0. The molecule has 3 rings (SSSR count). The number of alkyl halides is 1. The fraction of sp³-hybridized carbons (Fsp3) is 0.556. The van der Waals surface area contributed by atoms with E-state index in [9.17, 15) is 9.59 Å². The summed E-state index contributed by atoms with van der Waals surface area (Å²) in [6, 6.07) is -0.429. The van der Waals surface area contributed by atoms with Crippen molar-refractivity contribution in [1.82, 2.24) is 10.6 Å². The predicted molar refractivity (Wildman–Crippen MR) is 49.8 cm³/mol. The number of hydrogen-bond donors (Lipinski definition) is 2. The van der Waals surface area contributed by atoms with Gasteiger partial charge in [-0.05, 0) is 12.3 Å². The van der Waals surface area contributed by atoms with Crippen LogP contribution >= 0.6 is 11.6 Å². The van der Waals surface area contributed by atoms with Gasteiger partial charge in [-0.3, -0.25) is 10.1 Å². The molecule has 0 radical (unpaired) electrons. The van der Waals surface area contributed by atoms with E-state index in [1.165, 1.54) is 0 Å². The minimum absolute atomic E-state index is 0.0569. The van der Waals surface area contributed by atoms with Crippen LogP contribution in [0.15, 0.2) is 12.2 Å². The summed E-state index contributed by atoms with van der Waals surface area (Å²) in [5.74, 6) is -0.00776. The molecular formula is C9H9ClN2O2. The lowest BCUT2D eigenvalue weighted by Gasteiger charge is -2.31. The zero-order chi connectivity index (χ0) is 9.92. The van der Waals surface area contributed by atoms with E-state index in [0.717, 1.165) is 6.42 Å². The Bertz CT molecular complexity index is 368. The van der Waals surface area contributed by atoms with Gasteiger partial charge in [0.15, 0.2) is 0 Å². The van der Waals surface area contributed by atoms with Crippen molar-refractivity contribution in [2.45, 2.75) is 17.3 Å². The molecule has 2 N–H and O–H groups in total. The highest BCUT2D eigenvalue weighted by molar-refractivity contribution is 6.26. The second kappa shape index (κ2) is 2.31. The molecule has 74 valence electrons. The second-order valence-corrected chi connectivity index (χ2v) is 4.54. The Labute approximate surface area is 85.7 Å². The molecule has 0 aromatic carbocycles. The monoisotopic (exact) mass is 212 g/mol. The maximum atomic E-state index is 11.7. The molecule has 1 aliphatic heterocycles. The third-order valence-electron chi connectivity index (χ3n) is 3.44. The molecule has 14 heavy (non-hydrogen) atoms. The summed E-state index contributed by atoms with van der Waals surface area (Å²) in [5.41, 5.74) is -0.877. The second-order valence-electron chi connectivity index (χ2n) is 4.07. The maximum absolute atomic E-state index is 11.7. The van der Waals surface area contributed by atoms with Crippen molar-refractivity contribution in [3.05, 3.63) is 12.2 Å². The molecule has 0 aromatic heterocycles. The lowest BCUT2D eigenvalue weighted by molar-refractivity contribution is -0.124. The Kier molecular flexibility index (Phi) is 1.37. The Morgan fingerprint density at radius 1 is 1.43 bits per heavy atom. The van der Waals surface area contributed by atoms with Crippen molar-refractivity contribution in [2.75, 3.05) is 0 Å². The number of amides is 3. The van der Waals surface area contributed by atoms with Crippen LogP contribution in [0.25, 0.3) is 0 Å². The van der Waals surface area contributed by atoms with Crippen molar-refractivity contribution in [3.63, 3.8) is 0 Å². The number of carbonyl (C=O) groups excluding carboxylic acids is 2. The first kappa shape index (κ1) is 8.29. The van der Waals surface area contributed by atoms with Crippen LogP contribution in [0.5, 0.6) is 0 Å². The maximum Gasteiger partial charge on any atom is 0.322 e. The molecule has 3 aliphatic rings. The summed E-state index contributed by atoms with van der Waals surface area (Å²) in [6.07, 6.45) is 4.88. The van der Waals surface area contributed by atoms with Crippen LogP contribution in [-0.4, -0.2) is 22.9 Å². The topological polar surface area (TPSA) is 58.2 Å². The number of carbonyl (C=O) groups is 2. The molecule has 5 heteroatoms. The Morgan fingerprint density at radius 2 is 2.21 bits per heavy atom. The lowest BCUT2D eigenvalue weighted by atomic mass is 9.84. The zero-order valence-corrected chi connectivity index (χ0v) is 8.04. The minimum Gasteiger partial charge on any atom is -0.321 e. The van der Waals surface area contributed by atoms with Crippen LogP contribution in [0.1, 0.15) is 6.42 Å². The molecule has 4 unspecified atom stereocenters. The molecule has 2 bridgehead atoms. The molecule has 3 amide bonds. The number of imide groups is 1. The van der Waals surface area contributed by atoms with E-state index >= 15 is 0 Å². The molecule has 2 fully saturated rings. The number of halogens is 1. The molecule has 1 heterocycles. The van der Waals surface area contributed by atoms with Crippen molar-refractivity contribution in [3.8, 4) is 0 Å². The highest BCUT2D eigenvalue weighted by atomic mass is 35.5. The summed E-state index contributed by atoms with van der Waals surface area (Å²) in [4.78, 5) is 22.8. The van der Waals surface area contributed by atoms with Crippen molar-refractivity contribution in [1.29, 1.82) is 0 Å². The van der Waals surface area contributed by atoms with Crippen molar-refractivity contribution in [2.24, 2.45) is 11.8 Å². The van der Waals surface area contributed by atoms with Gasteiger partial charge in [-0.15, -0.1) is 11.6 Å². The molecular weight excluding hydrogens is 204 g/mol. The van der Waals surface area contributed by atoms with Crippen LogP contribution in [0.2, 0.25) is 0 Å². The van der Waals surface area contributed by atoms with Crippen LogP contribution in [0.4, 0.5) is 4.79 Å². The third-order valence-corrected chi connectivity index (χ3v) is 4.10. The van der Waals surface area contributed by atoms with Gasteiger partial charge in [0, 0.05) is 5.92 Å². The molecule has 4 nitrogen and oxygen atoms in total. The van der Waals surface area contributed by atoms with E-state index in [-0.39, 0.29) is 23.1 Å². The van der Waals surface area contributed by atoms with Gasteiger partial charge in [-0.2, -0.15) is 0 Å². The summed E-state index contributed by atoms with van der Waals surface area (Å²) < 4.78 is 0. The third kappa shape index (κ3) is 0.718. The number of nitrogens with one attached hydrogen (secondary N) is 2. The SMILES string of the molecule is O=C1NC(=O)C2(N1)C1C=CC(C1)C2Cl. The van der Waals surface area contributed by atoms with Gasteiger partial charge in [-0.1, -0.05) is 12.2 Å². The number of urea groups is 1. The van der Waals surface area contributed by atoms with Gasteiger partial charge in [-0.25, -0.2) is 4.79 Å². The average Bonchev–Trinajstić information content (AvgIpc) is 2.74. The number of allylic oxidation sites excluding steroid dienone is 1. The number of hydrogen-bond acceptors (Lipinski definition) is 2. The predicted octanol–water partition coefficient (Wildman–Crippen LogP) is 0.378. The van der Waals surface area contributed by atoms with Crippen LogP contribution < -0.4 is 10.6 Å². The minimum atomic E-state index is -0.877.